The normalized spacial score (nSPS) is 16.0. The molecule has 1 aromatic carbocycles. The molecule has 1 fully saturated rings. The maximum atomic E-state index is 12.4. The van der Waals surface area contributed by atoms with Crippen molar-refractivity contribution in [2.75, 3.05) is 19.8 Å². The summed E-state index contributed by atoms with van der Waals surface area (Å²) in [6, 6.07) is 7.49. The average Bonchev–Trinajstić information content (AvgIpc) is 2.77. The molecule has 1 aliphatic carbocycles. The monoisotopic (exact) mass is 430 g/mol. The van der Waals surface area contributed by atoms with Crippen molar-refractivity contribution in [3.05, 3.63) is 35.4 Å². The molecular formula is C24H34N2O5. The predicted octanol–water partition coefficient (Wildman–Crippen LogP) is 2.50. The van der Waals surface area contributed by atoms with Crippen LogP contribution in [0, 0.1) is 5.92 Å². The Hall–Kier alpha value is -2.54. The number of benzene rings is 1. The molecule has 1 atom stereocenters. The fourth-order valence-electron chi connectivity index (χ4n) is 3.53. The second-order valence-corrected chi connectivity index (χ2v) is 8.01. The van der Waals surface area contributed by atoms with Crippen LogP contribution in [-0.2, 0) is 36.9 Å². The van der Waals surface area contributed by atoms with Gasteiger partial charge in [-0.05, 0) is 36.8 Å². The first kappa shape index (κ1) is 24.7. The first-order valence-corrected chi connectivity index (χ1v) is 11.2. The quantitative estimate of drug-likeness (QED) is 0.370. The van der Waals surface area contributed by atoms with E-state index in [2.05, 4.69) is 10.6 Å². The summed E-state index contributed by atoms with van der Waals surface area (Å²) in [5.41, 5.74) is 1.80. The Morgan fingerprint density at radius 1 is 1.03 bits per heavy atom. The number of ether oxygens (including phenoxy) is 1. The number of rotatable bonds is 13. The minimum atomic E-state index is -0.432. The van der Waals surface area contributed by atoms with E-state index in [-0.39, 0.29) is 36.4 Å². The maximum Gasteiger partial charge on any atom is 0.246 e. The molecule has 0 radical (unpaired) electrons. The average molecular weight is 431 g/mol. The third-order valence-corrected chi connectivity index (χ3v) is 5.33. The largest absolute Gasteiger partial charge is 0.372 e. The van der Waals surface area contributed by atoms with Crippen LogP contribution in [0.3, 0.4) is 0 Å². The fraction of sp³-hybridized carbons (Fsp3) is 0.583. The van der Waals surface area contributed by atoms with Gasteiger partial charge in [-0.15, -0.1) is 0 Å². The third kappa shape index (κ3) is 9.42. The molecule has 0 bridgehead atoms. The molecule has 1 unspecified atom stereocenters. The van der Waals surface area contributed by atoms with Crippen LogP contribution in [0.25, 0.3) is 0 Å². The van der Waals surface area contributed by atoms with Crippen LogP contribution in [0.4, 0.5) is 0 Å². The zero-order valence-corrected chi connectivity index (χ0v) is 18.4. The number of ketones is 2. The highest BCUT2D eigenvalue weighted by atomic mass is 16.5. The summed E-state index contributed by atoms with van der Waals surface area (Å²) in [4.78, 5) is 47.7. The lowest BCUT2D eigenvalue weighted by molar-refractivity contribution is -0.134. The van der Waals surface area contributed by atoms with E-state index >= 15 is 0 Å². The van der Waals surface area contributed by atoms with Crippen LogP contribution in [0.15, 0.2) is 24.3 Å². The number of amides is 2. The maximum absolute atomic E-state index is 12.4. The smallest absolute Gasteiger partial charge is 0.246 e. The molecule has 1 aromatic rings. The van der Waals surface area contributed by atoms with Gasteiger partial charge in [0.2, 0.25) is 11.8 Å². The Bertz CT molecular complexity index is 745. The van der Waals surface area contributed by atoms with Crippen molar-refractivity contribution in [3.63, 3.8) is 0 Å². The Morgan fingerprint density at radius 2 is 1.77 bits per heavy atom. The first-order chi connectivity index (χ1) is 15.0. The minimum absolute atomic E-state index is 0.00499. The molecule has 170 valence electrons. The molecule has 0 saturated heterocycles. The van der Waals surface area contributed by atoms with Crippen molar-refractivity contribution in [3.8, 4) is 0 Å². The summed E-state index contributed by atoms with van der Waals surface area (Å²) in [6.45, 7) is 3.37. The Balaban J connectivity index is 1.62. The molecule has 0 spiro atoms. The van der Waals surface area contributed by atoms with Gasteiger partial charge in [0.05, 0.1) is 5.92 Å². The van der Waals surface area contributed by atoms with Crippen molar-refractivity contribution in [2.45, 2.75) is 64.8 Å². The van der Waals surface area contributed by atoms with Crippen molar-refractivity contribution in [2.24, 2.45) is 5.92 Å². The summed E-state index contributed by atoms with van der Waals surface area (Å²) >= 11 is 0. The standard InChI is InChI=1S/C24H34N2O5/c1-2-13-25-23(29)8-5-14-31-17-24(30)26-16-19-11-9-18(10-12-19)15-22(28)20-6-3-4-7-21(20)27/h9-12,20H,2-8,13-17H2,1H3,(H,25,29)(H,26,30). The highest BCUT2D eigenvalue weighted by Crippen LogP contribution is 2.22. The van der Waals surface area contributed by atoms with E-state index in [9.17, 15) is 19.2 Å². The zero-order valence-electron chi connectivity index (χ0n) is 18.4. The van der Waals surface area contributed by atoms with Gasteiger partial charge in [0.1, 0.15) is 18.2 Å². The van der Waals surface area contributed by atoms with Crippen molar-refractivity contribution < 1.29 is 23.9 Å². The Labute approximate surface area is 184 Å². The molecule has 0 heterocycles. The third-order valence-electron chi connectivity index (χ3n) is 5.33. The fourth-order valence-corrected chi connectivity index (χ4v) is 3.53. The van der Waals surface area contributed by atoms with Gasteiger partial charge >= 0.3 is 0 Å². The summed E-state index contributed by atoms with van der Waals surface area (Å²) in [6.07, 6.45) is 5.19. The number of nitrogens with one attached hydrogen (secondary N) is 2. The van der Waals surface area contributed by atoms with Gasteiger partial charge in [0.25, 0.3) is 0 Å². The topological polar surface area (TPSA) is 102 Å². The van der Waals surface area contributed by atoms with E-state index in [0.717, 1.165) is 30.4 Å². The van der Waals surface area contributed by atoms with Crippen LogP contribution in [0.5, 0.6) is 0 Å². The molecule has 0 aromatic heterocycles. The van der Waals surface area contributed by atoms with E-state index in [1.54, 1.807) is 0 Å². The molecule has 31 heavy (non-hydrogen) atoms. The highest BCUT2D eigenvalue weighted by Gasteiger charge is 2.28. The molecule has 2 amide bonds. The van der Waals surface area contributed by atoms with Crippen LogP contribution < -0.4 is 10.6 Å². The van der Waals surface area contributed by atoms with Crippen molar-refractivity contribution >= 4 is 23.4 Å². The lowest BCUT2D eigenvalue weighted by Crippen LogP contribution is -2.28. The van der Waals surface area contributed by atoms with Gasteiger partial charge in [-0.2, -0.15) is 0 Å². The lowest BCUT2D eigenvalue weighted by atomic mass is 9.83. The Morgan fingerprint density at radius 3 is 2.48 bits per heavy atom. The van der Waals surface area contributed by atoms with E-state index in [1.165, 1.54) is 0 Å². The highest BCUT2D eigenvalue weighted by molar-refractivity contribution is 6.03. The Kier molecular flexibility index (Phi) is 10.9. The molecule has 2 N–H and O–H groups in total. The van der Waals surface area contributed by atoms with E-state index in [0.29, 0.717) is 45.4 Å². The second kappa shape index (κ2) is 13.7. The van der Waals surface area contributed by atoms with E-state index in [4.69, 9.17) is 4.74 Å². The van der Waals surface area contributed by atoms with Gasteiger partial charge < -0.3 is 15.4 Å². The van der Waals surface area contributed by atoms with E-state index in [1.807, 2.05) is 31.2 Å². The SMILES string of the molecule is CCCNC(=O)CCCOCC(=O)NCc1ccc(CC(=O)C2CCCCC2=O)cc1. The molecular weight excluding hydrogens is 396 g/mol. The lowest BCUT2D eigenvalue weighted by Gasteiger charge is -2.19. The molecule has 2 rings (SSSR count). The van der Waals surface area contributed by atoms with Crippen molar-refractivity contribution in [1.82, 2.24) is 10.6 Å². The van der Waals surface area contributed by atoms with Gasteiger partial charge in [-0.1, -0.05) is 37.6 Å². The number of carbonyl (C=O) groups is 4. The van der Waals surface area contributed by atoms with Gasteiger partial charge in [0, 0.05) is 39.0 Å². The molecule has 7 nitrogen and oxygen atoms in total. The number of hydrogen-bond acceptors (Lipinski definition) is 5. The minimum Gasteiger partial charge on any atom is -0.372 e. The summed E-state index contributed by atoms with van der Waals surface area (Å²) in [7, 11) is 0. The van der Waals surface area contributed by atoms with Gasteiger partial charge in [-0.3, -0.25) is 19.2 Å². The van der Waals surface area contributed by atoms with Gasteiger partial charge in [-0.25, -0.2) is 0 Å². The van der Waals surface area contributed by atoms with Crippen LogP contribution >= 0.6 is 0 Å². The summed E-state index contributed by atoms with van der Waals surface area (Å²) in [5, 5.41) is 5.59. The zero-order chi connectivity index (χ0) is 22.5. The van der Waals surface area contributed by atoms with Crippen LogP contribution in [-0.4, -0.2) is 43.1 Å². The van der Waals surface area contributed by atoms with Gasteiger partial charge in [0.15, 0.2) is 0 Å². The summed E-state index contributed by atoms with van der Waals surface area (Å²) in [5.74, 6) is -0.558. The second-order valence-electron chi connectivity index (χ2n) is 8.01. The molecule has 0 aliphatic heterocycles. The number of hydrogen-bond donors (Lipinski definition) is 2. The number of carbonyl (C=O) groups excluding carboxylic acids is 4. The van der Waals surface area contributed by atoms with Crippen molar-refractivity contribution in [1.29, 1.82) is 0 Å². The molecule has 7 heteroatoms. The van der Waals surface area contributed by atoms with Crippen LogP contribution in [0.2, 0.25) is 0 Å². The summed E-state index contributed by atoms with van der Waals surface area (Å²) < 4.78 is 5.31. The van der Waals surface area contributed by atoms with E-state index < -0.39 is 5.92 Å². The number of Topliss-reactive ketones (excluding diaryl/α,β-unsaturated/α-hetero) is 2. The first-order valence-electron chi connectivity index (χ1n) is 11.2. The van der Waals surface area contributed by atoms with Crippen LogP contribution in [0.1, 0.15) is 63.0 Å². The molecule has 1 aliphatic rings. The predicted molar refractivity (Wildman–Crippen MR) is 117 cm³/mol. The molecule has 1 saturated carbocycles.